The van der Waals surface area contributed by atoms with Crippen molar-refractivity contribution in [1.82, 2.24) is 19.6 Å². The Morgan fingerprint density at radius 3 is 2.79 bits per heavy atom. The number of halogens is 1. The maximum atomic E-state index is 12.3. The van der Waals surface area contributed by atoms with Crippen molar-refractivity contribution in [3.8, 4) is 0 Å². The van der Waals surface area contributed by atoms with Crippen LogP contribution < -0.4 is 5.56 Å². The molecule has 3 rings (SSSR count). The zero-order chi connectivity index (χ0) is 17.5. The fourth-order valence-electron chi connectivity index (χ4n) is 2.82. The molecule has 7 nitrogen and oxygen atoms in total. The Hall–Kier alpha value is -1.67. The third kappa shape index (κ3) is 3.39. The van der Waals surface area contributed by atoms with Gasteiger partial charge in [0, 0.05) is 18.2 Å². The van der Waals surface area contributed by atoms with Crippen molar-refractivity contribution in [3.05, 3.63) is 26.8 Å². The van der Waals surface area contributed by atoms with Crippen molar-refractivity contribution in [1.29, 1.82) is 0 Å². The summed E-state index contributed by atoms with van der Waals surface area (Å²) in [7, 11) is 0. The van der Waals surface area contributed by atoms with Crippen LogP contribution in [0.1, 0.15) is 45.2 Å². The number of nitrogens with one attached hydrogen (secondary N) is 1. The SMILES string of the molecule is CC(C)(C)ON(C=O)CCn1c(C2CC2)c(Br)c2nc[nH]c(=O)c21. The molecule has 1 fully saturated rings. The predicted molar refractivity (Wildman–Crippen MR) is 93.6 cm³/mol. The minimum atomic E-state index is -0.460. The van der Waals surface area contributed by atoms with E-state index in [2.05, 4.69) is 25.9 Å². The molecule has 2 heterocycles. The Bertz CT molecular complexity index is 817. The molecule has 0 spiro atoms. The fourth-order valence-corrected chi connectivity index (χ4v) is 3.65. The van der Waals surface area contributed by atoms with Gasteiger partial charge in [0.2, 0.25) is 6.41 Å². The van der Waals surface area contributed by atoms with Gasteiger partial charge in [0.05, 0.1) is 22.9 Å². The summed E-state index contributed by atoms with van der Waals surface area (Å²) in [5, 5.41) is 1.28. The summed E-state index contributed by atoms with van der Waals surface area (Å²) in [5.41, 5.74) is 1.64. The lowest BCUT2D eigenvalue weighted by atomic mass is 10.2. The van der Waals surface area contributed by atoms with Crippen LogP contribution in [0.3, 0.4) is 0 Å². The van der Waals surface area contributed by atoms with Gasteiger partial charge in [0.1, 0.15) is 11.0 Å². The number of fused-ring (bicyclic) bond motifs is 1. The molecule has 130 valence electrons. The second kappa shape index (κ2) is 6.33. The van der Waals surface area contributed by atoms with E-state index in [-0.39, 0.29) is 5.56 Å². The van der Waals surface area contributed by atoms with Crippen molar-refractivity contribution in [2.45, 2.75) is 51.7 Å². The third-order valence-electron chi connectivity index (χ3n) is 3.84. The van der Waals surface area contributed by atoms with E-state index >= 15 is 0 Å². The van der Waals surface area contributed by atoms with Gasteiger partial charge in [-0.05, 0) is 49.5 Å². The normalized spacial score (nSPS) is 15.0. The number of carbonyl (C=O) groups is 1. The highest BCUT2D eigenvalue weighted by Gasteiger charge is 2.32. The number of nitrogens with zero attached hydrogens (tertiary/aromatic N) is 3. The summed E-state index contributed by atoms with van der Waals surface area (Å²) in [6, 6.07) is 0. The summed E-state index contributed by atoms with van der Waals surface area (Å²) in [6.45, 7) is 6.47. The van der Waals surface area contributed by atoms with E-state index in [1.54, 1.807) is 0 Å². The Morgan fingerprint density at radius 2 is 2.21 bits per heavy atom. The van der Waals surface area contributed by atoms with Gasteiger partial charge in [-0.15, -0.1) is 0 Å². The molecule has 0 unspecified atom stereocenters. The fraction of sp³-hybridized carbons (Fsp3) is 0.562. The first-order chi connectivity index (χ1) is 11.3. The van der Waals surface area contributed by atoms with Gasteiger partial charge in [-0.3, -0.25) is 14.4 Å². The largest absolute Gasteiger partial charge is 0.335 e. The number of aromatic nitrogens is 3. The molecule has 1 saturated carbocycles. The standard InChI is InChI=1S/C16H21BrN4O3/c1-16(2,3)24-20(9-22)6-7-21-13(10-4-5-10)11(17)12-14(21)15(23)19-8-18-12/h8-10H,4-7H2,1-3H3,(H,18,19,23). The molecule has 24 heavy (non-hydrogen) atoms. The van der Waals surface area contributed by atoms with Gasteiger partial charge < -0.3 is 9.55 Å². The number of hydrogen-bond donors (Lipinski definition) is 1. The van der Waals surface area contributed by atoms with Crippen LogP contribution in [-0.2, 0) is 16.2 Å². The van der Waals surface area contributed by atoms with Gasteiger partial charge >= 0.3 is 0 Å². The number of H-pyrrole nitrogens is 1. The first-order valence-electron chi connectivity index (χ1n) is 7.98. The van der Waals surface area contributed by atoms with E-state index in [1.807, 2.05) is 25.3 Å². The highest BCUT2D eigenvalue weighted by atomic mass is 79.9. The number of amides is 1. The van der Waals surface area contributed by atoms with Gasteiger partial charge in [-0.1, -0.05) is 0 Å². The molecule has 2 aromatic rings. The smallest absolute Gasteiger partial charge is 0.275 e. The Balaban J connectivity index is 1.95. The number of hydrogen-bond acceptors (Lipinski definition) is 4. The maximum absolute atomic E-state index is 12.3. The molecule has 1 aliphatic carbocycles. The lowest BCUT2D eigenvalue weighted by molar-refractivity contribution is -0.216. The number of hydroxylamine groups is 2. The molecule has 1 aliphatic rings. The zero-order valence-electron chi connectivity index (χ0n) is 14.0. The molecule has 2 aromatic heterocycles. The van der Waals surface area contributed by atoms with Crippen LogP contribution in [0.5, 0.6) is 0 Å². The average Bonchev–Trinajstić information content (AvgIpc) is 3.29. The van der Waals surface area contributed by atoms with Gasteiger partial charge in [-0.25, -0.2) is 10.0 Å². The number of carbonyl (C=O) groups excluding carboxylic acids is 1. The van der Waals surface area contributed by atoms with Crippen LogP contribution >= 0.6 is 15.9 Å². The topological polar surface area (TPSA) is 80.2 Å². The predicted octanol–water partition coefficient (Wildman–Crippen LogP) is 2.55. The van der Waals surface area contributed by atoms with Gasteiger partial charge in [0.15, 0.2) is 0 Å². The van der Waals surface area contributed by atoms with Crippen LogP contribution in [0.15, 0.2) is 15.6 Å². The highest BCUT2D eigenvalue weighted by Crippen LogP contribution is 2.46. The Kier molecular flexibility index (Phi) is 4.52. The van der Waals surface area contributed by atoms with Crippen molar-refractivity contribution in [2.75, 3.05) is 6.54 Å². The Morgan fingerprint density at radius 1 is 1.50 bits per heavy atom. The van der Waals surface area contributed by atoms with E-state index in [0.717, 1.165) is 23.0 Å². The molecular formula is C16H21BrN4O3. The monoisotopic (exact) mass is 396 g/mol. The van der Waals surface area contributed by atoms with Gasteiger partial charge in [-0.2, -0.15) is 0 Å². The molecule has 0 saturated heterocycles. The summed E-state index contributed by atoms with van der Waals surface area (Å²) in [6.07, 6.45) is 4.29. The van der Waals surface area contributed by atoms with E-state index < -0.39 is 5.60 Å². The molecule has 0 atom stereocenters. The average molecular weight is 397 g/mol. The van der Waals surface area contributed by atoms with Crippen molar-refractivity contribution < 1.29 is 9.63 Å². The number of aromatic amines is 1. The van der Waals surface area contributed by atoms with E-state index in [1.165, 1.54) is 11.4 Å². The molecule has 0 aliphatic heterocycles. The van der Waals surface area contributed by atoms with E-state index in [0.29, 0.717) is 36.5 Å². The Labute approximate surface area is 148 Å². The summed E-state index contributed by atoms with van der Waals surface area (Å²) in [4.78, 5) is 36.1. The first kappa shape index (κ1) is 17.2. The summed E-state index contributed by atoms with van der Waals surface area (Å²) < 4.78 is 2.84. The first-order valence-corrected chi connectivity index (χ1v) is 8.77. The lowest BCUT2D eigenvalue weighted by Crippen LogP contribution is -2.35. The van der Waals surface area contributed by atoms with Crippen LogP contribution in [-0.4, -0.2) is 38.2 Å². The third-order valence-corrected chi connectivity index (χ3v) is 4.62. The quantitative estimate of drug-likeness (QED) is 0.600. The van der Waals surface area contributed by atoms with Crippen molar-refractivity contribution in [2.24, 2.45) is 0 Å². The summed E-state index contributed by atoms with van der Waals surface area (Å²) >= 11 is 3.60. The maximum Gasteiger partial charge on any atom is 0.275 e. The second-order valence-electron chi connectivity index (χ2n) is 7.00. The molecule has 0 bridgehead atoms. The van der Waals surface area contributed by atoms with Crippen LogP contribution in [0.4, 0.5) is 0 Å². The van der Waals surface area contributed by atoms with Gasteiger partial charge in [0.25, 0.3) is 5.56 Å². The highest BCUT2D eigenvalue weighted by molar-refractivity contribution is 9.10. The van der Waals surface area contributed by atoms with E-state index in [4.69, 9.17) is 4.84 Å². The molecular weight excluding hydrogens is 376 g/mol. The molecule has 0 aromatic carbocycles. The zero-order valence-corrected chi connectivity index (χ0v) is 15.6. The van der Waals surface area contributed by atoms with Crippen molar-refractivity contribution >= 4 is 33.4 Å². The second-order valence-corrected chi connectivity index (χ2v) is 7.80. The lowest BCUT2D eigenvalue weighted by Gasteiger charge is -2.27. The molecule has 1 N–H and O–H groups in total. The number of rotatable bonds is 6. The molecule has 1 amide bonds. The molecule has 0 radical (unpaired) electrons. The minimum Gasteiger partial charge on any atom is -0.335 e. The molecule has 8 heteroatoms. The summed E-state index contributed by atoms with van der Waals surface area (Å²) in [5.74, 6) is 0.432. The van der Waals surface area contributed by atoms with Crippen LogP contribution in [0.25, 0.3) is 11.0 Å². The van der Waals surface area contributed by atoms with Crippen molar-refractivity contribution in [3.63, 3.8) is 0 Å². The van der Waals surface area contributed by atoms with Crippen LogP contribution in [0, 0.1) is 0 Å². The minimum absolute atomic E-state index is 0.179. The van der Waals surface area contributed by atoms with Crippen LogP contribution in [0.2, 0.25) is 0 Å². The van der Waals surface area contributed by atoms with E-state index in [9.17, 15) is 9.59 Å².